The Kier molecular flexibility index (Phi) is 7.89. The van der Waals surface area contributed by atoms with Crippen LogP contribution < -0.4 is 9.47 Å². The van der Waals surface area contributed by atoms with Crippen molar-refractivity contribution in [2.24, 2.45) is 0 Å². The fraction of sp³-hybridized carbons (Fsp3) is 0.320. The summed E-state index contributed by atoms with van der Waals surface area (Å²) in [7, 11) is 0. The van der Waals surface area contributed by atoms with Crippen molar-refractivity contribution in [3.63, 3.8) is 0 Å². The minimum absolute atomic E-state index is 0.00272. The van der Waals surface area contributed by atoms with Crippen LogP contribution >= 0.6 is 11.8 Å². The number of benzene rings is 2. The summed E-state index contributed by atoms with van der Waals surface area (Å²) < 4.78 is 11.6. The third-order valence-electron chi connectivity index (χ3n) is 5.73. The quantitative estimate of drug-likeness (QED) is 0.279. The smallest absolute Gasteiger partial charge is 0.294 e. The maximum atomic E-state index is 12.8. The molecule has 0 spiro atoms. The number of hydrogen-bond acceptors (Lipinski definition) is 8. The van der Waals surface area contributed by atoms with Gasteiger partial charge in [0, 0.05) is 25.2 Å². The van der Waals surface area contributed by atoms with E-state index in [2.05, 4.69) is 0 Å². The van der Waals surface area contributed by atoms with Crippen LogP contribution in [0.4, 0.5) is 10.5 Å². The van der Waals surface area contributed by atoms with Gasteiger partial charge in [0.15, 0.2) is 11.5 Å². The molecule has 2 aromatic carbocycles. The zero-order valence-corrected chi connectivity index (χ0v) is 20.5. The second-order valence-electron chi connectivity index (χ2n) is 8.21. The van der Waals surface area contributed by atoms with Gasteiger partial charge in [-0.2, -0.15) is 0 Å². The maximum absolute atomic E-state index is 12.8. The normalized spacial score (nSPS) is 16.6. The van der Waals surface area contributed by atoms with Crippen LogP contribution in [-0.4, -0.2) is 58.0 Å². The van der Waals surface area contributed by atoms with Crippen molar-refractivity contribution in [1.82, 2.24) is 9.80 Å². The Labute approximate surface area is 212 Å². The van der Waals surface area contributed by atoms with Crippen LogP contribution in [-0.2, 0) is 16.2 Å². The highest BCUT2D eigenvalue weighted by Crippen LogP contribution is 2.35. The van der Waals surface area contributed by atoms with Crippen molar-refractivity contribution in [2.45, 2.75) is 26.4 Å². The van der Waals surface area contributed by atoms with Crippen LogP contribution in [0, 0.1) is 10.1 Å². The lowest BCUT2D eigenvalue weighted by Crippen LogP contribution is -2.40. The van der Waals surface area contributed by atoms with E-state index < -0.39 is 16.1 Å². The molecule has 0 bridgehead atoms. The molecule has 2 saturated heterocycles. The van der Waals surface area contributed by atoms with E-state index in [0.717, 1.165) is 35.1 Å². The Hall–Kier alpha value is -3.86. The number of non-ortho nitro benzene ring substituents is 1. The highest BCUT2D eigenvalue weighted by atomic mass is 32.2. The molecule has 188 valence electrons. The van der Waals surface area contributed by atoms with Gasteiger partial charge in [0.2, 0.25) is 5.91 Å². The highest BCUT2D eigenvalue weighted by Gasteiger charge is 2.37. The summed E-state index contributed by atoms with van der Waals surface area (Å²) in [4.78, 5) is 50.9. The molecule has 0 aliphatic carbocycles. The van der Waals surface area contributed by atoms with E-state index in [9.17, 15) is 24.5 Å². The first-order valence-electron chi connectivity index (χ1n) is 11.5. The third kappa shape index (κ3) is 5.85. The topological polar surface area (TPSA) is 119 Å². The monoisotopic (exact) mass is 511 g/mol. The Morgan fingerprint density at radius 2 is 1.81 bits per heavy atom. The van der Waals surface area contributed by atoms with Crippen molar-refractivity contribution in [3.8, 4) is 11.5 Å². The number of nitrogens with zero attached hydrogens (tertiary/aromatic N) is 3. The Balaban J connectivity index is 1.45. The lowest BCUT2D eigenvalue weighted by Gasteiger charge is -2.18. The van der Waals surface area contributed by atoms with Crippen molar-refractivity contribution in [1.29, 1.82) is 0 Å². The van der Waals surface area contributed by atoms with Crippen molar-refractivity contribution < 1.29 is 28.8 Å². The maximum Gasteiger partial charge on any atom is 0.294 e. The summed E-state index contributed by atoms with van der Waals surface area (Å²) in [5, 5.41) is 10.3. The minimum atomic E-state index is -0.492. The number of rotatable bonds is 9. The van der Waals surface area contributed by atoms with E-state index in [0.29, 0.717) is 36.8 Å². The van der Waals surface area contributed by atoms with E-state index in [1.807, 2.05) is 6.92 Å². The molecule has 3 amide bonds. The Morgan fingerprint density at radius 1 is 1.08 bits per heavy atom. The third-order valence-corrected chi connectivity index (χ3v) is 6.64. The highest BCUT2D eigenvalue weighted by molar-refractivity contribution is 8.18. The molecular formula is C25H25N3O7S. The van der Waals surface area contributed by atoms with E-state index in [4.69, 9.17) is 9.47 Å². The Bertz CT molecular complexity index is 1210. The van der Waals surface area contributed by atoms with Crippen LogP contribution in [0.3, 0.4) is 0 Å². The lowest BCUT2D eigenvalue weighted by molar-refractivity contribution is -0.384. The number of thioether (sulfide) groups is 1. The number of carbonyl (C=O) groups is 3. The number of hydrogen-bond donors (Lipinski definition) is 0. The number of imide groups is 1. The largest absolute Gasteiger partial charge is 0.490 e. The molecule has 0 radical (unpaired) electrons. The summed E-state index contributed by atoms with van der Waals surface area (Å²) in [6.07, 6.45) is 3.46. The van der Waals surface area contributed by atoms with Gasteiger partial charge in [-0.3, -0.25) is 29.4 Å². The first-order chi connectivity index (χ1) is 17.4. The van der Waals surface area contributed by atoms with E-state index in [1.54, 1.807) is 41.3 Å². The summed E-state index contributed by atoms with van der Waals surface area (Å²) in [6, 6.07) is 11.2. The SMILES string of the molecule is CCOc1cc(/C=C2\SC(=O)N(CC(=O)N3CCCC3)C2=O)ccc1OCc1ccc([N+](=O)[O-])cc1. The number of nitro groups is 1. The van der Waals surface area contributed by atoms with Gasteiger partial charge >= 0.3 is 0 Å². The van der Waals surface area contributed by atoms with Crippen molar-refractivity contribution in [3.05, 3.63) is 68.6 Å². The summed E-state index contributed by atoms with van der Waals surface area (Å²) in [5.74, 6) is 0.214. The first kappa shape index (κ1) is 25.2. The van der Waals surface area contributed by atoms with Gasteiger partial charge in [-0.25, -0.2) is 0 Å². The van der Waals surface area contributed by atoms with Crippen LogP contribution in [0.25, 0.3) is 6.08 Å². The molecule has 0 saturated carbocycles. The lowest BCUT2D eigenvalue weighted by atomic mass is 10.1. The van der Waals surface area contributed by atoms with Crippen LogP contribution in [0.15, 0.2) is 47.4 Å². The molecule has 10 nitrogen and oxygen atoms in total. The van der Waals surface area contributed by atoms with Gasteiger partial charge < -0.3 is 14.4 Å². The average molecular weight is 512 g/mol. The number of nitro benzene ring substituents is 1. The minimum Gasteiger partial charge on any atom is -0.490 e. The van der Waals surface area contributed by atoms with Gasteiger partial charge in [-0.05, 0) is 73.0 Å². The van der Waals surface area contributed by atoms with Gasteiger partial charge in [-0.15, -0.1) is 0 Å². The summed E-state index contributed by atoms with van der Waals surface area (Å²) in [6.45, 7) is 3.46. The van der Waals surface area contributed by atoms with Crippen molar-refractivity contribution in [2.75, 3.05) is 26.2 Å². The Morgan fingerprint density at radius 3 is 2.47 bits per heavy atom. The molecule has 4 rings (SSSR count). The standard InChI is InChI=1S/C25H25N3O7S/c1-2-34-21-13-18(7-10-20(21)35-16-17-5-8-19(9-6-17)28(32)33)14-22-24(30)27(25(31)36-22)15-23(29)26-11-3-4-12-26/h5-10,13-14H,2-4,11-12,15-16H2,1H3/b22-14-. The molecule has 2 aromatic rings. The molecule has 0 N–H and O–H groups in total. The van der Waals surface area contributed by atoms with Gasteiger partial charge in [-0.1, -0.05) is 6.07 Å². The van der Waals surface area contributed by atoms with Crippen LogP contribution in [0.1, 0.15) is 30.9 Å². The fourth-order valence-corrected chi connectivity index (χ4v) is 4.70. The van der Waals surface area contributed by atoms with E-state index >= 15 is 0 Å². The zero-order valence-electron chi connectivity index (χ0n) is 19.7. The molecule has 2 fully saturated rings. The number of carbonyl (C=O) groups excluding carboxylic acids is 3. The van der Waals surface area contributed by atoms with E-state index in [-0.39, 0.29) is 29.7 Å². The molecule has 36 heavy (non-hydrogen) atoms. The molecule has 0 aromatic heterocycles. The zero-order chi connectivity index (χ0) is 25.7. The number of ether oxygens (including phenoxy) is 2. The molecule has 2 heterocycles. The van der Waals surface area contributed by atoms with Crippen LogP contribution in [0.5, 0.6) is 11.5 Å². The van der Waals surface area contributed by atoms with E-state index in [1.165, 1.54) is 12.1 Å². The molecule has 11 heteroatoms. The van der Waals surface area contributed by atoms with Gasteiger partial charge in [0.1, 0.15) is 13.2 Å². The predicted octanol–water partition coefficient (Wildman–Crippen LogP) is 4.23. The van der Waals surface area contributed by atoms with Crippen LogP contribution in [0.2, 0.25) is 0 Å². The predicted molar refractivity (Wildman–Crippen MR) is 134 cm³/mol. The number of likely N-dealkylation sites (tertiary alicyclic amines) is 1. The molecule has 0 atom stereocenters. The molecular weight excluding hydrogens is 486 g/mol. The summed E-state index contributed by atoms with van der Waals surface area (Å²) in [5.41, 5.74) is 1.39. The van der Waals surface area contributed by atoms with Crippen molar-refractivity contribution >= 4 is 40.6 Å². The summed E-state index contributed by atoms with van der Waals surface area (Å²) >= 11 is 0.803. The molecule has 0 unspecified atom stereocenters. The molecule has 2 aliphatic heterocycles. The average Bonchev–Trinajstić information content (AvgIpc) is 3.49. The second kappa shape index (κ2) is 11.3. The number of amides is 3. The van der Waals surface area contributed by atoms with Gasteiger partial charge in [0.25, 0.3) is 16.8 Å². The first-order valence-corrected chi connectivity index (χ1v) is 12.3. The second-order valence-corrected chi connectivity index (χ2v) is 9.20. The molecule has 2 aliphatic rings. The fourth-order valence-electron chi connectivity index (χ4n) is 3.87. The van der Waals surface area contributed by atoms with Gasteiger partial charge in [0.05, 0.1) is 16.4 Å².